The zero-order chi connectivity index (χ0) is 42.2. The van der Waals surface area contributed by atoms with Crippen LogP contribution in [0.2, 0.25) is 0 Å². The molecule has 7 rings (SSSR count). The Hall–Kier alpha value is -4.05. The van der Waals surface area contributed by atoms with Gasteiger partial charge in [0.15, 0.2) is 28.9 Å². The van der Waals surface area contributed by atoms with Crippen molar-refractivity contribution >= 4 is 81.0 Å². The highest BCUT2D eigenvalue weighted by atomic mass is 32.2. The fourth-order valence-electron chi connectivity index (χ4n) is 8.82. The lowest BCUT2D eigenvalue weighted by molar-refractivity contribution is -0.777. The van der Waals surface area contributed by atoms with E-state index in [1.54, 1.807) is 36.4 Å². The maximum absolute atomic E-state index is 12.5. The van der Waals surface area contributed by atoms with Crippen LogP contribution in [0.15, 0.2) is 118 Å². The van der Waals surface area contributed by atoms with E-state index in [4.69, 9.17) is 0 Å². The Bertz CT molecular complexity index is 2910. The number of rotatable bonds is 12. The molecule has 0 saturated carbocycles. The second-order valence-electron chi connectivity index (χ2n) is 15.6. The summed E-state index contributed by atoms with van der Waals surface area (Å²) in [7, 11) is -14.0. The van der Waals surface area contributed by atoms with Gasteiger partial charge in [-0.2, -0.15) is 8.91 Å². The van der Waals surface area contributed by atoms with Crippen LogP contribution in [0.1, 0.15) is 45.7 Å². The zero-order valence-electron chi connectivity index (χ0n) is 31.9. The summed E-state index contributed by atoms with van der Waals surface area (Å²) in [5.41, 5.74) is 3.80. The van der Waals surface area contributed by atoms with Crippen LogP contribution in [-0.2, 0) is 50.6 Å². The SMILES string of the molecule is CC(/C=C/C=C1\C(C)(C)c2c(ccc3cc(S(=O)(=O)[O-])ccc23)[N+]12CC2S(=O)(=O)[O-])=C\C=C\C1=[N+](CCS(=O)(=O)[O-])c2ccc3cc(SOO[O-])ccc3c2C1(C)C. The third-order valence-corrected chi connectivity index (χ3v) is 14.5. The van der Waals surface area contributed by atoms with Crippen LogP contribution in [0.4, 0.5) is 11.4 Å². The second-order valence-corrected chi connectivity index (χ2v) is 20.8. The fourth-order valence-corrected chi connectivity index (χ4v) is 11.2. The van der Waals surface area contributed by atoms with Crippen LogP contribution >= 0.6 is 12.0 Å². The fraction of sp³-hybridized carbons (Fsp3) is 0.275. The van der Waals surface area contributed by atoms with E-state index in [0.29, 0.717) is 27.1 Å². The van der Waals surface area contributed by atoms with Gasteiger partial charge in [0.05, 0.1) is 33.5 Å². The van der Waals surface area contributed by atoms with Crippen LogP contribution in [0.25, 0.3) is 21.5 Å². The first-order valence-corrected chi connectivity index (χ1v) is 23.1. The minimum atomic E-state index is -4.72. The van der Waals surface area contributed by atoms with Gasteiger partial charge in [0.1, 0.15) is 31.6 Å². The lowest BCUT2D eigenvalue weighted by atomic mass is 9.79. The van der Waals surface area contributed by atoms with Gasteiger partial charge in [-0.25, -0.2) is 29.7 Å². The summed E-state index contributed by atoms with van der Waals surface area (Å²) >= 11 is 0.767. The van der Waals surface area contributed by atoms with Crippen LogP contribution in [0.3, 0.4) is 0 Å². The molecule has 0 radical (unpaired) electrons. The Balaban J connectivity index is 1.23. The molecule has 1 fully saturated rings. The highest BCUT2D eigenvalue weighted by Gasteiger charge is 2.71. The predicted molar refractivity (Wildman–Crippen MR) is 215 cm³/mol. The number of fused-ring (bicyclic) bond motifs is 7. The Morgan fingerprint density at radius 1 is 0.879 bits per heavy atom. The molecular weight excluding hydrogens is 829 g/mol. The number of hydrogen-bond donors (Lipinski definition) is 0. The van der Waals surface area contributed by atoms with Crippen LogP contribution in [0.5, 0.6) is 0 Å². The monoisotopic (exact) mass is 866 g/mol. The van der Waals surface area contributed by atoms with Crippen molar-refractivity contribution in [2.45, 2.75) is 60.6 Å². The molecule has 2 atom stereocenters. The molecule has 1 spiro atoms. The third-order valence-electron chi connectivity index (χ3n) is 11.3. The molecule has 0 aliphatic carbocycles. The van der Waals surface area contributed by atoms with E-state index in [2.05, 4.69) is 9.37 Å². The number of hydrogen-bond acceptors (Lipinski definition) is 13. The molecule has 0 bridgehead atoms. The lowest BCUT2D eigenvalue weighted by Crippen LogP contribution is -2.33. The van der Waals surface area contributed by atoms with Crippen molar-refractivity contribution < 1.29 is 58.1 Å². The van der Waals surface area contributed by atoms with Gasteiger partial charge >= 0.3 is 0 Å². The summed E-state index contributed by atoms with van der Waals surface area (Å²) in [6, 6.07) is 16.6. The van der Waals surface area contributed by atoms with Crippen LogP contribution in [0, 0.1) is 0 Å². The summed E-state index contributed by atoms with van der Waals surface area (Å²) < 4.78 is 114. The summed E-state index contributed by atoms with van der Waals surface area (Å²) in [5, 5.41) is 15.5. The smallest absolute Gasteiger partial charge is 0.238 e. The molecule has 3 aliphatic heterocycles. The molecule has 3 heterocycles. The molecule has 1 saturated heterocycles. The minimum absolute atomic E-state index is 0.0408. The quantitative estimate of drug-likeness (QED) is 0.0263. The normalized spacial score (nSPS) is 22.3. The molecule has 3 aliphatic rings. The highest BCUT2D eigenvalue weighted by Crippen LogP contribution is 2.62. The zero-order valence-corrected chi connectivity index (χ0v) is 35.1. The minimum Gasteiger partial charge on any atom is -0.748 e. The van der Waals surface area contributed by atoms with Crippen molar-refractivity contribution in [3.05, 3.63) is 120 Å². The van der Waals surface area contributed by atoms with Crippen molar-refractivity contribution in [3.8, 4) is 0 Å². The van der Waals surface area contributed by atoms with Gasteiger partial charge in [-0.1, -0.05) is 42.0 Å². The third kappa shape index (κ3) is 7.41. The lowest BCUT2D eigenvalue weighted by Gasteiger charge is -2.23. The summed E-state index contributed by atoms with van der Waals surface area (Å²) in [6.07, 6.45) is 10.9. The Morgan fingerprint density at radius 3 is 2.21 bits per heavy atom. The van der Waals surface area contributed by atoms with Gasteiger partial charge in [0, 0.05) is 34.2 Å². The number of quaternary nitrogens is 1. The average Bonchev–Trinajstić information content (AvgIpc) is 3.81. The first kappa shape index (κ1) is 42.1. The molecule has 0 amide bonds. The Labute approximate surface area is 341 Å². The van der Waals surface area contributed by atoms with E-state index < -0.39 is 52.3 Å². The molecule has 14 nitrogen and oxygen atoms in total. The van der Waals surface area contributed by atoms with Crippen LogP contribution in [-0.4, -0.2) is 73.4 Å². The van der Waals surface area contributed by atoms with Gasteiger partial charge in [-0.05, 0) is 98.6 Å². The van der Waals surface area contributed by atoms with Crippen molar-refractivity contribution in [2.75, 3.05) is 18.8 Å². The van der Waals surface area contributed by atoms with E-state index in [-0.39, 0.29) is 22.5 Å². The summed E-state index contributed by atoms with van der Waals surface area (Å²) in [5.74, 6) is -0.611. The maximum atomic E-state index is 12.5. The van der Waals surface area contributed by atoms with Crippen molar-refractivity contribution in [1.29, 1.82) is 0 Å². The second kappa shape index (κ2) is 14.6. The Morgan fingerprint density at radius 2 is 1.55 bits per heavy atom. The van der Waals surface area contributed by atoms with Gasteiger partial charge in [0.2, 0.25) is 11.1 Å². The van der Waals surface area contributed by atoms with Crippen LogP contribution < -0.4 is 9.74 Å². The largest absolute Gasteiger partial charge is 0.748 e. The van der Waals surface area contributed by atoms with Gasteiger partial charge in [-0.3, -0.25) is 5.04 Å². The molecule has 4 aromatic carbocycles. The van der Waals surface area contributed by atoms with E-state index in [1.165, 1.54) is 12.1 Å². The first-order valence-electron chi connectivity index (χ1n) is 17.9. The van der Waals surface area contributed by atoms with Crippen molar-refractivity contribution in [1.82, 2.24) is 4.48 Å². The summed E-state index contributed by atoms with van der Waals surface area (Å²) in [6.45, 7) is 9.67. The standard InChI is InChI=1S/C40H40N2O12S4/c1-25(8-6-10-34-39(2,3)37-30-16-14-28(55-54-53-43)22-26(30)12-18-32(37)41(34)20-21-56(44,45)46)9-7-11-35-40(4,5)38-31-17-15-29(57(47,48)49)23-27(31)13-19-33(38)42(35)24-36(42)58(50,51)52/h6-19,22-23,36H,20-21,24H2,1-5H3,(H2-2,43,44,45,46,47,48,49,50,51,52)/p-2/b9-7+,10-6+,25-8+,35-11+. The summed E-state index contributed by atoms with van der Waals surface area (Å²) in [4.78, 5) is 0.249. The molecule has 18 heteroatoms. The highest BCUT2D eigenvalue weighted by molar-refractivity contribution is 7.94. The molecular formula is C40H38N2O12S4-2. The van der Waals surface area contributed by atoms with Gasteiger partial charge in [-0.15, -0.1) is 0 Å². The number of allylic oxidation sites excluding steroid dienone is 8. The topological polar surface area (TPSA) is 216 Å². The number of benzene rings is 4. The van der Waals surface area contributed by atoms with E-state index in [1.807, 2.05) is 87.8 Å². The van der Waals surface area contributed by atoms with Gasteiger partial charge in [0.25, 0.3) is 0 Å². The van der Waals surface area contributed by atoms with Gasteiger partial charge < -0.3 is 18.9 Å². The van der Waals surface area contributed by atoms with E-state index in [9.17, 15) is 44.2 Å². The molecule has 306 valence electrons. The molecule has 4 aromatic rings. The molecule has 0 aromatic heterocycles. The van der Waals surface area contributed by atoms with Crippen molar-refractivity contribution in [3.63, 3.8) is 0 Å². The molecule has 58 heavy (non-hydrogen) atoms. The number of nitrogens with zero attached hydrogens (tertiary/aromatic N) is 2. The molecule has 2 unspecified atom stereocenters. The Kier molecular flexibility index (Phi) is 10.6. The first-order chi connectivity index (χ1) is 27.0. The average molecular weight is 867 g/mol. The maximum Gasteiger partial charge on any atom is 0.238 e. The van der Waals surface area contributed by atoms with Crippen molar-refractivity contribution in [2.24, 2.45) is 0 Å². The van der Waals surface area contributed by atoms with E-state index in [0.717, 1.165) is 50.9 Å². The van der Waals surface area contributed by atoms with E-state index >= 15 is 0 Å². The molecule has 0 N–H and O–H groups in total. The predicted octanol–water partition coefficient (Wildman–Crippen LogP) is 5.18.